The summed E-state index contributed by atoms with van der Waals surface area (Å²) in [7, 11) is 0. The second-order valence-corrected chi connectivity index (χ2v) is 4.27. The van der Waals surface area contributed by atoms with Gasteiger partial charge in [0.1, 0.15) is 17.2 Å². The van der Waals surface area contributed by atoms with Crippen LogP contribution in [0.2, 0.25) is 0 Å². The summed E-state index contributed by atoms with van der Waals surface area (Å²) in [5.41, 5.74) is 12.6. The maximum atomic E-state index is 13.4. The fourth-order valence-corrected chi connectivity index (χ4v) is 1.89. The van der Waals surface area contributed by atoms with E-state index >= 15 is 0 Å². The van der Waals surface area contributed by atoms with Gasteiger partial charge < -0.3 is 11.5 Å². The smallest absolute Gasteiger partial charge is 0.254 e. The summed E-state index contributed by atoms with van der Waals surface area (Å²) in [5.74, 6) is -0.801. The summed E-state index contributed by atoms with van der Waals surface area (Å²) in [4.78, 5) is 19.4. The van der Waals surface area contributed by atoms with E-state index in [-0.39, 0.29) is 23.0 Å². The summed E-state index contributed by atoms with van der Waals surface area (Å²) >= 11 is 0. The molecule has 0 atom stereocenters. The summed E-state index contributed by atoms with van der Waals surface area (Å²) < 4.78 is 13.4. The van der Waals surface area contributed by atoms with Crippen molar-refractivity contribution in [3.8, 4) is 11.4 Å². The van der Waals surface area contributed by atoms with Crippen molar-refractivity contribution in [1.82, 2.24) is 9.97 Å². The number of nitrogens with zero attached hydrogens (tertiary/aromatic N) is 2. The van der Waals surface area contributed by atoms with E-state index in [0.29, 0.717) is 11.3 Å². The number of anilines is 1. The molecule has 0 aliphatic heterocycles. The SMILES string of the molecule is Cc1cc(F)cc(-c2nc(C)c(C(N)=O)c(N)n2)c1. The van der Waals surface area contributed by atoms with Gasteiger partial charge in [-0.3, -0.25) is 4.79 Å². The van der Waals surface area contributed by atoms with Gasteiger partial charge in [-0.2, -0.15) is 0 Å². The number of carbonyl (C=O) groups excluding carboxylic acids is 1. The molecule has 5 nitrogen and oxygen atoms in total. The second-order valence-electron chi connectivity index (χ2n) is 4.27. The molecule has 0 aliphatic carbocycles. The monoisotopic (exact) mass is 260 g/mol. The first-order valence-electron chi connectivity index (χ1n) is 5.60. The molecule has 0 fully saturated rings. The summed E-state index contributed by atoms with van der Waals surface area (Å²) in [5, 5.41) is 0. The van der Waals surface area contributed by atoms with Crippen molar-refractivity contribution >= 4 is 11.7 Å². The molecular weight excluding hydrogens is 247 g/mol. The number of nitrogen functional groups attached to an aromatic ring is 1. The lowest BCUT2D eigenvalue weighted by Crippen LogP contribution is -2.17. The summed E-state index contributed by atoms with van der Waals surface area (Å²) in [6, 6.07) is 4.45. The first-order valence-corrected chi connectivity index (χ1v) is 5.60. The molecule has 1 heterocycles. The molecule has 0 aliphatic rings. The molecule has 1 aromatic carbocycles. The van der Waals surface area contributed by atoms with Crippen molar-refractivity contribution in [2.75, 3.05) is 5.73 Å². The van der Waals surface area contributed by atoms with Gasteiger partial charge in [0.2, 0.25) is 0 Å². The lowest BCUT2D eigenvalue weighted by molar-refractivity contribution is 0.1000. The van der Waals surface area contributed by atoms with Crippen molar-refractivity contribution in [2.45, 2.75) is 13.8 Å². The first-order chi connectivity index (χ1) is 8.88. The maximum Gasteiger partial charge on any atom is 0.254 e. The van der Waals surface area contributed by atoms with E-state index in [9.17, 15) is 9.18 Å². The third-order valence-electron chi connectivity index (χ3n) is 2.66. The molecule has 0 saturated carbocycles. The molecule has 2 rings (SSSR count). The van der Waals surface area contributed by atoms with Crippen LogP contribution in [0, 0.1) is 19.7 Å². The van der Waals surface area contributed by atoms with Gasteiger partial charge in [0.05, 0.1) is 5.69 Å². The maximum absolute atomic E-state index is 13.4. The zero-order valence-corrected chi connectivity index (χ0v) is 10.6. The Morgan fingerprint density at radius 1 is 1.21 bits per heavy atom. The number of halogens is 1. The van der Waals surface area contributed by atoms with E-state index in [2.05, 4.69) is 9.97 Å². The van der Waals surface area contributed by atoms with Gasteiger partial charge in [0, 0.05) is 5.56 Å². The van der Waals surface area contributed by atoms with E-state index in [4.69, 9.17) is 11.5 Å². The number of hydrogen-bond donors (Lipinski definition) is 2. The highest BCUT2D eigenvalue weighted by Gasteiger charge is 2.15. The fourth-order valence-electron chi connectivity index (χ4n) is 1.89. The van der Waals surface area contributed by atoms with Gasteiger partial charge in [-0.25, -0.2) is 14.4 Å². The van der Waals surface area contributed by atoms with Crippen LogP contribution < -0.4 is 11.5 Å². The molecule has 0 saturated heterocycles. The Morgan fingerprint density at radius 2 is 1.89 bits per heavy atom. The number of rotatable bonds is 2. The molecule has 19 heavy (non-hydrogen) atoms. The second kappa shape index (κ2) is 4.64. The van der Waals surface area contributed by atoms with E-state index in [0.717, 1.165) is 5.56 Å². The molecule has 0 radical (unpaired) electrons. The van der Waals surface area contributed by atoms with E-state index in [1.165, 1.54) is 12.1 Å². The molecule has 1 aromatic heterocycles. The number of hydrogen-bond acceptors (Lipinski definition) is 4. The van der Waals surface area contributed by atoms with Gasteiger partial charge >= 0.3 is 0 Å². The van der Waals surface area contributed by atoms with Crippen LogP contribution in [0.25, 0.3) is 11.4 Å². The van der Waals surface area contributed by atoms with Crippen LogP contribution in [0.4, 0.5) is 10.2 Å². The number of aromatic nitrogens is 2. The number of nitrogens with two attached hydrogens (primary N) is 2. The molecule has 4 N–H and O–H groups in total. The van der Waals surface area contributed by atoms with Crippen LogP contribution in [0.3, 0.4) is 0 Å². The summed E-state index contributed by atoms with van der Waals surface area (Å²) in [6.07, 6.45) is 0. The van der Waals surface area contributed by atoms with Crippen LogP contribution in [-0.4, -0.2) is 15.9 Å². The van der Waals surface area contributed by atoms with Crippen molar-refractivity contribution in [2.24, 2.45) is 5.73 Å². The molecule has 0 bridgehead atoms. The quantitative estimate of drug-likeness (QED) is 0.857. The highest BCUT2D eigenvalue weighted by molar-refractivity contribution is 5.98. The Labute approximate surface area is 109 Å². The molecule has 0 unspecified atom stereocenters. The van der Waals surface area contributed by atoms with Gasteiger partial charge in [0.15, 0.2) is 5.82 Å². The minimum Gasteiger partial charge on any atom is -0.383 e. The molecule has 1 amide bonds. The van der Waals surface area contributed by atoms with Crippen molar-refractivity contribution < 1.29 is 9.18 Å². The molecular formula is C13H13FN4O. The molecule has 6 heteroatoms. The van der Waals surface area contributed by atoms with Crippen LogP contribution in [0.5, 0.6) is 0 Å². The van der Waals surface area contributed by atoms with Gasteiger partial charge in [-0.05, 0) is 37.6 Å². The number of aryl methyl sites for hydroxylation is 2. The number of benzene rings is 1. The third kappa shape index (κ3) is 2.52. The fraction of sp³-hybridized carbons (Fsp3) is 0.154. The highest BCUT2D eigenvalue weighted by atomic mass is 19.1. The van der Waals surface area contributed by atoms with Gasteiger partial charge in [-0.1, -0.05) is 0 Å². The van der Waals surface area contributed by atoms with E-state index in [1.807, 2.05) is 0 Å². The minimum atomic E-state index is -0.683. The van der Waals surface area contributed by atoms with Crippen molar-refractivity contribution in [1.29, 1.82) is 0 Å². The zero-order valence-electron chi connectivity index (χ0n) is 10.6. The lowest BCUT2D eigenvalue weighted by atomic mass is 10.1. The van der Waals surface area contributed by atoms with Crippen LogP contribution in [-0.2, 0) is 0 Å². The van der Waals surface area contributed by atoms with Crippen LogP contribution >= 0.6 is 0 Å². The van der Waals surface area contributed by atoms with Crippen LogP contribution in [0.1, 0.15) is 21.6 Å². The standard InChI is InChI=1S/C13H13FN4O/c1-6-3-8(5-9(14)4-6)13-17-7(2)10(12(16)19)11(15)18-13/h3-5H,1-2H3,(H2,16,19)(H2,15,17,18). The number of amides is 1. The average Bonchev–Trinajstić information content (AvgIpc) is 2.25. The molecule has 0 spiro atoms. The normalized spacial score (nSPS) is 10.5. The Balaban J connectivity index is 2.61. The van der Waals surface area contributed by atoms with Gasteiger partial charge in [-0.15, -0.1) is 0 Å². The highest BCUT2D eigenvalue weighted by Crippen LogP contribution is 2.22. The van der Waals surface area contributed by atoms with E-state index < -0.39 is 5.91 Å². The average molecular weight is 260 g/mol. The summed E-state index contributed by atoms with van der Waals surface area (Å²) in [6.45, 7) is 3.37. The Kier molecular flexibility index (Phi) is 3.16. The molecule has 98 valence electrons. The zero-order chi connectivity index (χ0) is 14.2. The number of carbonyl (C=O) groups is 1. The largest absolute Gasteiger partial charge is 0.383 e. The predicted octanol–water partition coefficient (Wildman–Crippen LogP) is 1.58. The van der Waals surface area contributed by atoms with Crippen molar-refractivity contribution in [3.63, 3.8) is 0 Å². The third-order valence-corrected chi connectivity index (χ3v) is 2.66. The minimum absolute atomic E-state index is 0.00286. The van der Waals surface area contributed by atoms with Crippen LogP contribution in [0.15, 0.2) is 18.2 Å². The number of primary amides is 1. The first kappa shape index (κ1) is 12.9. The predicted molar refractivity (Wildman–Crippen MR) is 69.8 cm³/mol. The molecule has 2 aromatic rings. The van der Waals surface area contributed by atoms with Crippen molar-refractivity contribution in [3.05, 3.63) is 40.8 Å². The Hall–Kier alpha value is -2.50. The van der Waals surface area contributed by atoms with Gasteiger partial charge in [0.25, 0.3) is 5.91 Å². The Bertz CT molecular complexity index is 626. The lowest BCUT2D eigenvalue weighted by Gasteiger charge is -2.08. The van der Waals surface area contributed by atoms with E-state index in [1.54, 1.807) is 19.9 Å². The Morgan fingerprint density at radius 3 is 2.42 bits per heavy atom. The topological polar surface area (TPSA) is 94.9 Å².